The van der Waals surface area contributed by atoms with E-state index in [9.17, 15) is 0 Å². The smallest absolute Gasteiger partial charge is 0.203 e. The monoisotopic (exact) mass is 285 g/mol. The van der Waals surface area contributed by atoms with E-state index in [0.29, 0.717) is 4.77 Å². The number of benzene rings is 1. The van der Waals surface area contributed by atoms with Crippen LogP contribution >= 0.6 is 12.2 Å². The highest BCUT2D eigenvalue weighted by Gasteiger charge is 2.13. The third-order valence-electron chi connectivity index (χ3n) is 3.24. The molecule has 0 spiro atoms. The first-order valence-electron chi connectivity index (χ1n) is 6.30. The minimum atomic E-state index is 0.658. The highest BCUT2D eigenvalue weighted by molar-refractivity contribution is 7.71. The van der Waals surface area contributed by atoms with Crippen LogP contribution in [-0.2, 0) is 14.1 Å². The lowest BCUT2D eigenvalue weighted by Gasteiger charge is -2.02. The van der Waals surface area contributed by atoms with Gasteiger partial charge in [0, 0.05) is 25.7 Å². The number of hydrogen-bond donors (Lipinski definition) is 0. The van der Waals surface area contributed by atoms with Crippen molar-refractivity contribution in [2.45, 2.75) is 6.92 Å². The molecule has 0 radical (unpaired) electrons. The largest absolute Gasteiger partial charge is 0.256 e. The molecule has 6 heteroatoms. The van der Waals surface area contributed by atoms with Gasteiger partial charge in [-0.2, -0.15) is 10.2 Å². The van der Waals surface area contributed by atoms with E-state index in [1.807, 2.05) is 66.7 Å². The predicted molar refractivity (Wildman–Crippen MR) is 80.3 cm³/mol. The standard InChI is InChI=1S/C14H15N5S/c1-10-15-18(3)14(20)19(10)13-9-12(16-17(13)2)11-7-5-4-6-8-11/h4-9H,1-3H3. The molecule has 102 valence electrons. The Balaban J connectivity index is 2.17. The van der Waals surface area contributed by atoms with Gasteiger partial charge in [0.15, 0.2) is 0 Å². The van der Waals surface area contributed by atoms with Crippen LogP contribution < -0.4 is 0 Å². The first-order chi connectivity index (χ1) is 9.58. The molecule has 0 saturated heterocycles. The summed E-state index contributed by atoms with van der Waals surface area (Å²) in [6.45, 7) is 1.94. The maximum atomic E-state index is 5.40. The number of nitrogens with zero attached hydrogens (tertiary/aromatic N) is 5. The molecule has 0 atom stereocenters. The maximum Gasteiger partial charge on any atom is 0.203 e. The molecule has 0 aliphatic heterocycles. The molecule has 0 amide bonds. The zero-order valence-corrected chi connectivity index (χ0v) is 12.4. The summed E-state index contributed by atoms with van der Waals surface area (Å²) in [4.78, 5) is 0. The Morgan fingerprint density at radius 1 is 1.00 bits per heavy atom. The Hall–Kier alpha value is -2.21. The molecule has 0 N–H and O–H groups in total. The van der Waals surface area contributed by atoms with Crippen molar-refractivity contribution < 1.29 is 0 Å². The molecule has 0 fully saturated rings. The molecule has 0 aliphatic rings. The van der Waals surface area contributed by atoms with Crippen molar-refractivity contribution in [1.29, 1.82) is 0 Å². The fraction of sp³-hybridized carbons (Fsp3) is 0.214. The van der Waals surface area contributed by atoms with Crippen molar-refractivity contribution in [3.05, 3.63) is 47.0 Å². The van der Waals surface area contributed by atoms with Gasteiger partial charge >= 0.3 is 0 Å². The average molecular weight is 285 g/mol. The molecule has 0 bridgehead atoms. The first-order valence-corrected chi connectivity index (χ1v) is 6.71. The summed E-state index contributed by atoms with van der Waals surface area (Å²) >= 11 is 5.40. The lowest BCUT2D eigenvalue weighted by atomic mass is 10.2. The average Bonchev–Trinajstić information content (AvgIpc) is 2.92. The van der Waals surface area contributed by atoms with Gasteiger partial charge in [0.2, 0.25) is 4.77 Å². The molecule has 20 heavy (non-hydrogen) atoms. The highest BCUT2D eigenvalue weighted by atomic mass is 32.1. The van der Waals surface area contributed by atoms with Crippen molar-refractivity contribution >= 4 is 12.2 Å². The molecule has 1 aromatic carbocycles. The van der Waals surface area contributed by atoms with E-state index < -0.39 is 0 Å². The Labute approximate surface area is 122 Å². The third-order valence-corrected chi connectivity index (χ3v) is 3.69. The number of aryl methyl sites for hydroxylation is 3. The van der Waals surface area contributed by atoms with Crippen LogP contribution in [0.25, 0.3) is 17.1 Å². The minimum absolute atomic E-state index is 0.658. The third kappa shape index (κ3) is 1.98. The Morgan fingerprint density at radius 3 is 2.30 bits per heavy atom. The lowest BCUT2D eigenvalue weighted by Crippen LogP contribution is -2.05. The van der Waals surface area contributed by atoms with Gasteiger partial charge in [0.25, 0.3) is 0 Å². The van der Waals surface area contributed by atoms with Crippen molar-refractivity contribution in [1.82, 2.24) is 24.1 Å². The Morgan fingerprint density at radius 2 is 1.70 bits per heavy atom. The van der Waals surface area contributed by atoms with Gasteiger partial charge in [-0.1, -0.05) is 30.3 Å². The molecular formula is C14H15N5S. The molecule has 0 saturated carbocycles. The summed E-state index contributed by atoms with van der Waals surface area (Å²) in [5, 5.41) is 8.91. The molecular weight excluding hydrogens is 270 g/mol. The second-order valence-electron chi connectivity index (χ2n) is 4.67. The molecule has 2 aromatic heterocycles. The topological polar surface area (TPSA) is 40.6 Å². The minimum Gasteiger partial charge on any atom is -0.256 e. The second kappa shape index (κ2) is 4.72. The van der Waals surface area contributed by atoms with E-state index in [-0.39, 0.29) is 0 Å². The Bertz CT molecular complexity index is 810. The van der Waals surface area contributed by atoms with Crippen molar-refractivity contribution in [2.75, 3.05) is 0 Å². The number of hydrogen-bond acceptors (Lipinski definition) is 3. The van der Waals surface area contributed by atoms with Gasteiger partial charge < -0.3 is 0 Å². The van der Waals surface area contributed by atoms with Crippen LogP contribution in [0.2, 0.25) is 0 Å². The van der Waals surface area contributed by atoms with Crippen LogP contribution in [0.3, 0.4) is 0 Å². The van der Waals surface area contributed by atoms with Crippen LogP contribution in [0.15, 0.2) is 36.4 Å². The van der Waals surface area contributed by atoms with Crippen LogP contribution in [0.5, 0.6) is 0 Å². The van der Waals surface area contributed by atoms with E-state index in [4.69, 9.17) is 12.2 Å². The van der Waals surface area contributed by atoms with E-state index in [0.717, 1.165) is 22.9 Å². The van der Waals surface area contributed by atoms with Crippen LogP contribution in [0, 0.1) is 11.7 Å². The van der Waals surface area contributed by atoms with Gasteiger partial charge in [0.05, 0.1) is 5.69 Å². The normalized spacial score (nSPS) is 10.9. The maximum absolute atomic E-state index is 5.40. The zero-order chi connectivity index (χ0) is 14.3. The molecule has 5 nitrogen and oxygen atoms in total. The van der Waals surface area contributed by atoms with Gasteiger partial charge in [-0.25, -0.2) is 4.68 Å². The molecule has 2 heterocycles. The van der Waals surface area contributed by atoms with E-state index in [1.165, 1.54) is 0 Å². The highest BCUT2D eigenvalue weighted by Crippen LogP contribution is 2.21. The Kier molecular flexibility index (Phi) is 3.02. The van der Waals surface area contributed by atoms with Crippen molar-refractivity contribution in [2.24, 2.45) is 14.1 Å². The van der Waals surface area contributed by atoms with Gasteiger partial charge in [-0.3, -0.25) is 9.25 Å². The van der Waals surface area contributed by atoms with E-state index in [1.54, 1.807) is 4.68 Å². The number of rotatable bonds is 2. The van der Waals surface area contributed by atoms with E-state index in [2.05, 4.69) is 10.2 Å². The van der Waals surface area contributed by atoms with Gasteiger partial charge in [0.1, 0.15) is 11.6 Å². The SMILES string of the molecule is Cc1nn(C)c(=S)n1-c1cc(-c2ccccc2)nn1C. The summed E-state index contributed by atoms with van der Waals surface area (Å²) < 4.78 is 6.10. The fourth-order valence-corrected chi connectivity index (χ4v) is 2.53. The van der Waals surface area contributed by atoms with Crippen LogP contribution in [-0.4, -0.2) is 24.1 Å². The summed E-state index contributed by atoms with van der Waals surface area (Å²) in [5.74, 6) is 1.76. The van der Waals surface area contributed by atoms with Crippen molar-refractivity contribution in [3.63, 3.8) is 0 Å². The van der Waals surface area contributed by atoms with Gasteiger partial charge in [-0.15, -0.1) is 0 Å². The summed E-state index contributed by atoms with van der Waals surface area (Å²) in [6.07, 6.45) is 0. The second-order valence-corrected chi connectivity index (χ2v) is 5.03. The summed E-state index contributed by atoms with van der Waals surface area (Å²) in [7, 11) is 3.76. The van der Waals surface area contributed by atoms with Crippen LogP contribution in [0.4, 0.5) is 0 Å². The molecule has 3 aromatic rings. The van der Waals surface area contributed by atoms with Crippen molar-refractivity contribution in [3.8, 4) is 17.1 Å². The molecule has 0 unspecified atom stereocenters. The lowest BCUT2D eigenvalue weighted by molar-refractivity contribution is 0.714. The zero-order valence-electron chi connectivity index (χ0n) is 11.6. The fourth-order valence-electron chi connectivity index (χ4n) is 2.27. The first kappa shape index (κ1) is 12.8. The molecule has 3 rings (SSSR count). The molecule has 0 aliphatic carbocycles. The number of aromatic nitrogens is 5. The van der Waals surface area contributed by atoms with Gasteiger partial charge in [-0.05, 0) is 19.1 Å². The van der Waals surface area contributed by atoms with E-state index >= 15 is 0 Å². The summed E-state index contributed by atoms with van der Waals surface area (Å²) in [6, 6.07) is 12.1. The summed E-state index contributed by atoms with van der Waals surface area (Å²) in [5.41, 5.74) is 2.01. The van der Waals surface area contributed by atoms with Crippen LogP contribution in [0.1, 0.15) is 5.82 Å². The quantitative estimate of drug-likeness (QED) is 0.680. The predicted octanol–water partition coefficient (Wildman–Crippen LogP) is 2.65.